The third-order valence-corrected chi connectivity index (χ3v) is 4.66. The molecule has 0 amide bonds. The molecule has 3 aromatic rings. The summed E-state index contributed by atoms with van der Waals surface area (Å²) in [6, 6.07) is 8.15. The first-order valence-electron chi connectivity index (χ1n) is 9.88. The molecule has 1 saturated heterocycles. The van der Waals surface area contributed by atoms with Gasteiger partial charge in [0.2, 0.25) is 17.8 Å². The van der Waals surface area contributed by atoms with E-state index in [0.717, 1.165) is 38.3 Å². The van der Waals surface area contributed by atoms with Gasteiger partial charge in [0.05, 0.1) is 19.5 Å². The summed E-state index contributed by atoms with van der Waals surface area (Å²) in [7, 11) is 0. The van der Waals surface area contributed by atoms with Crippen LogP contribution in [0.3, 0.4) is 0 Å². The maximum absolute atomic E-state index is 5.45. The van der Waals surface area contributed by atoms with Gasteiger partial charge in [0, 0.05) is 44.3 Å². The number of benzene rings is 1. The normalized spacial score (nSPS) is 14.0. The van der Waals surface area contributed by atoms with E-state index in [-0.39, 0.29) is 0 Å². The number of aromatic nitrogens is 5. The summed E-state index contributed by atoms with van der Waals surface area (Å²) in [5.74, 6) is 1.76. The number of nitrogens with zero attached hydrogens (tertiary/aromatic N) is 6. The van der Waals surface area contributed by atoms with Gasteiger partial charge >= 0.3 is 0 Å². The van der Waals surface area contributed by atoms with Crippen LogP contribution < -0.4 is 15.5 Å². The van der Waals surface area contributed by atoms with Crippen molar-refractivity contribution >= 4 is 23.5 Å². The molecule has 0 atom stereocenters. The smallest absolute Gasteiger partial charge is 0.233 e. The summed E-state index contributed by atoms with van der Waals surface area (Å²) >= 11 is 0. The van der Waals surface area contributed by atoms with Crippen molar-refractivity contribution in [3.8, 4) is 0 Å². The van der Waals surface area contributed by atoms with E-state index in [1.54, 1.807) is 6.20 Å². The van der Waals surface area contributed by atoms with Crippen molar-refractivity contribution < 1.29 is 4.74 Å². The molecule has 1 aliphatic heterocycles. The number of aryl methyl sites for hydroxylation is 2. The minimum Gasteiger partial charge on any atom is -0.378 e. The molecule has 152 valence electrons. The standard InChI is InChI=1S/C20H26N8O/c1-16-3-5-17(6-4-16)23-19-24-18(22-7-2-9-27-10-8-21-15-27)25-20(26-19)28-11-13-29-14-12-28/h3-6,8,10,15H,2,7,9,11-14H2,1H3,(H2,22,23,24,25,26). The Balaban J connectivity index is 1.46. The number of rotatable bonds is 8. The van der Waals surface area contributed by atoms with Gasteiger partial charge in [-0.15, -0.1) is 0 Å². The summed E-state index contributed by atoms with van der Waals surface area (Å²) in [5.41, 5.74) is 2.15. The van der Waals surface area contributed by atoms with Crippen LogP contribution in [0.25, 0.3) is 0 Å². The predicted octanol–water partition coefficient (Wildman–Crippen LogP) is 2.46. The Labute approximate surface area is 170 Å². The summed E-state index contributed by atoms with van der Waals surface area (Å²) < 4.78 is 7.51. The van der Waals surface area contributed by atoms with Crippen molar-refractivity contribution in [3.05, 3.63) is 48.5 Å². The quantitative estimate of drug-likeness (QED) is 0.563. The minimum absolute atomic E-state index is 0.530. The van der Waals surface area contributed by atoms with Crippen molar-refractivity contribution in [1.82, 2.24) is 24.5 Å². The Bertz CT molecular complexity index is 891. The number of imidazole rings is 1. The van der Waals surface area contributed by atoms with E-state index >= 15 is 0 Å². The fourth-order valence-electron chi connectivity index (χ4n) is 3.05. The van der Waals surface area contributed by atoms with Crippen LogP contribution in [0.4, 0.5) is 23.5 Å². The van der Waals surface area contributed by atoms with E-state index in [1.807, 2.05) is 24.7 Å². The second kappa shape index (κ2) is 9.33. The van der Waals surface area contributed by atoms with Crippen molar-refractivity contribution in [1.29, 1.82) is 0 Å². The first-order chi connectivity index (χ1) is 14.3. The van der Waals surface area contributed by atoms with Gasteiger partial charge in [-0.05, 0) is 25.5 Å². The van der Waals surface area contributed by atoms with Crippen LogP contribution in [0.15, 0.2) is 43.0 Å². The molecule has 3 heterocycles. The first kappa shape index (κ1) is 19.1. The van der Waals surface area contributed by atoms with Crippen molar-refractivity contribution in [3.63, 3.8) is 0 Å². The van der Waals surface area contributed by atoms with E-state index in [0.29, 0.717) is 31.1 Å². The van der Waals surface area contributed by atoms with E-state index in [1.165, 1.54) is 5.56 Å². The van der Waals surface area contributed by atoms with Crippen molar-refractivity contribution in [2.24, 2.45) is 0 Å². The Morgan fingerprint density at radius 2 is 1.83 bits per heavy atom. The summed E-state index contributed by atoms with van der Waals surface area (Å²) in [6.07, 6.45) is 6.51. The van der Waals surface area contributed by atoms with Crippen LogP contribution in [-0.2, 0) is 11.3 Å². The Kier molecular flexibility index (Phi) is 6.16. The summed E-state index contributed by atoms with van der Waals surface area (Å²) in [6.45, 7) is 6.62. The fourth-order valence-corrected chi connectivity index (χ4v) is 3.05. The average molecular weight is 394 g/mol. The minimum atomic E-state index is 0.530. The van der Waals surface area contributed by atoms with Gasteiger partial charge in [-0.2, -0.15) is 15.0 Å². The van der Waals surface area contributed by atoms with Crippen LogP contribution in [0.2, 0.25) is 0 Å². The zero-order valence-corrected chi connectivity index (χ0v) is 16.6. The summed E-state index contributed by atoms with van der Waals surface area (Å²) in [4.78, 5) is 20.0. The highest BCUT2D eigenvalue weighted by molar-refractivity contribution is 5.56. The molecule has 0 radical (unpaired) electrons. The van der Waals surface area contributed by atoms with Gasteiger partial charge in [-0.1, -0.05) is 17.7 Å². The van der Waals surface area contributed by atoms with Gasteiger partial charge in [0.1, 0.15) is 0 Å². The zero-order chi connectivity index (χ0) is 19.9. The van der Waals surface area contributed by atoms with Crippen LogP contribution in [0.5, 0.6) is 0 Å². The molecule has 0 unspecified atom stereocenters. The number of ether oxygens (including phenoxy) is 1. The van der Waals surface area contributed by atoms with Crippen molar-refractivity contribution in [2.75, 3.05) is 48.4 Å². The highest BCUT2D eigenvalue weighted by Gasteiger charge is 2.16. The second-order valence-electron chi connectivity index (χ2n) is 6.95. The van der Waals surface area contributed by atoms with E-state index in [4.69, 9.17) is 4.74 Å². The van der Waals surface area contributed by atoms with Gasteiger partial charge in [-0.3, -0.25) is 0 Å². The second-order valence-corrected chi connectivity index (χ2v) is 6.95. The Morgan fingerprint density at radius 3 is 2.59 bits per heavy atom. The van der Waals surface area contributed by atoms with Crippen molar-refractivity contribution in [2.45, 2.75) is 19.9 Å². The lowest BCUT2D eigenvalue weighted by Crippen LogP contribution is -2.37. The van der Waals surface area contributed by atoms with E-state index in [9.17, 15) is 0 Å². The third kappa shape index (κ3) is 5.41. The van der Waals surface area contributed by atoms with Crippen LogP contribution in [0, 0.1) is 6.92 Å². The molecule has 1 fully saturated rings. The molecular formula is C20H26N8O. The monoisotopic (exact) mass is 394 g/mol. The van der Waals surface area contributed by atoms with Gasteiger partial charge in [0.25, 0.3) is 0 Å². The lowest BCUT2D eigenvalue weighted by molar-refractivity contribution is 0.122. The number of morpholine rings is 1. The highest BCUT2D eigenvalue weighted by atomic mass is 16.5. The molecule has 1 aliphatic rings. The number of hydrogen-bond acceptors (Lipinski definition) is 8. The predicted molar refractivity (Wildman–Crippen MR) is 113 cm³/mol. The number of anilines is 4. The van der Waals surface area contributed by atoms with E-state index in [2.05, 4.69) is 59.1 Å². The van der Waals surface area contributed by atoms with Gasteiger partial charge < -0.3 is 24.8 Å². The lowest BCUT2D eigenvalue weighted by Gasteiger charge is -2.27. The largest absolute Gasteiger partial charge is 0.378 e. The van der Waals surface area contributed by atoms with Gasteiger partial charge in [0.15, 0.2) is 0 Å². The molecule has 0 aliphatic carbocycles. The Hall–Kier alpha value is -3.20. The molecule has 2 aromatic heterocycles. The molecular weight excluding hydrogens is 368 g/mol. The first-order valence-corrected chi connectivity index (χ1v) is 9.88. The molecule has 0 spiro atoms. The van der Waals surface area contributed by atoms with Crippen LogP contribution in [0.1, 0.15) is 12.0 Å². The van der Waals surface area contributed by atoms with E-state index < -0.39 is 0 Å². The Morgan fingerprint density at radius 1 is 1.03 bits per heavy atom. The van der Waals surface area contributed by atoms with Crippen LogP contribution in [-0.4, -0.2) is 57.4 Å². The molecule has 0 saturated carbocycles. The van der Waals surface area contributed by atoms with Crippen LogP contribution >= 0.6 is 0 Å². The maximum atomic E-state index is 5.45. The average Bonchev–Trinajstić information content (AvgIpc) is 3.27. The highest BCUT2D eigenvalue weighted by Crippen LogP contribution is 2.19. The fraction of sp³-hybridized carbons (Fsp3) is 0.400. The topological polar surface area (TPSA) is 93.0 Å². The molecule has 0 bridgehead atoms. The molecule has 9 heteroatoms. The molecule has 1 aromatic carbocycles. The lowest BCUT2D eigenvalue weighted by atomic mass is 10.2. The number of hydrogen-bond donors (Lipinski definition) is 2. The molecule has 29 heavy (non-hydrogen) atoms. The molecule has 4 rings (SSSR count). The zero-order valence-electron chi connectivity index (χ0n) is 16.6. The SMILES string of the molecule is Cc1ccc(Nc2nc(NCCCn3ccnc3)nc(N3CCOCC3)n2)cc1. The number of nitrogens with one attached hydrogen (secondary N) is 2. The maximum Gasteiger partial charge on any atom is 0.233 e. The van der Waals surface area contributed by atoms with Gasteiger partial charge in [-0.25, -0.2) is 4.98 Å². The summed E-state index contributed by atoms with van der Waals surface area (Å²) in [5, 5.41) is 6.62. The molecule has 9 nitrogen and oxygen atoms in total. The third-order valence-electron chi connectivity index (χ3n) is 4.66. The molecule has 2 N–H and O–H groups in total.